The van der Waals surface area contributed by atoms with Crippen LogP contribution < -0.4 is 0 Å². The van der Waals surface area contributed by atoms with E-state index in [1.165, 1.54) is 0 Å². The SMILES string of the molecule is Cc1ccccc1-c1[nH]c2ccccc2c1C=O. The first-order chi connectivity index (χ1) is 8.81. The van der Waals surface area contributed by atoms with Crippen molar-refractivity contribution in [2.24, 2.45) is 0 Å². The maximum Gasteiger partial charge on any atom is 0.152 e. The van der Waals surface area contributed by atoms with Crippen molar-refractivity contribution in [1.82, 2.24) is 4.98 Å². The molecule has 3 rings (SSSR count). The molecule has 1 aromatic heterocycles. The molecule has 3 aromatic rings. The summed E-state index contributed by atoms with van der Waals surface area (Å²) in [7, 11) is 0. The van der Waals surface area contributed by atoms with Crippen molar-refractivity contribution in [2.45, 2.75) is 6.92 Å². The molecule has 1 heterocycles. The minimum Gasteiger partial charge on any atom is -0.354 e. The molecular formula is C16H13NO. The lowest BCUT2D eigenvalue weighted by atomic mass is 10.0. The second kappa shape index (κ2) is 4.15. The quantitative estimate of drug-likeness (QED) is 0.670. The summed E-state index contributed by atoms with van der Waals surface area (Å²) in [6.45, 7) is 2.05. The molecule has 2 aromatic carbocycles. The van der Waals surface area contributed by atoms with E-state index in [0.717, 1.165) is 39.6 Å². The van der Waals surface area contributed by atoms with Crippen molar-refractivity contribution >= 4 is 17.2 Å². The second-order valence-corrected chi connectivity index (χ2v) is 4.39. The number of carbonyl (C=O) groups excluding carboxylic acids is 1. The molecule has 0 aliphatic rings. The predicted molar refractivity (Wildman–Crippen MR) is 73.9 cm³/mol. The van der Waals surface area contributed by atoms with Gasteiger partial charge in [-0.25, -0.2) is 0 Å². The van der Waals surface area contributed by atoms with E-state index in [2.05, 4.69) is 18.0 Å². The van der Waals surface area contributed by atoms with Crippen molar-refractivity contribution in [3.05, 3.63) is 59.7 Å². The molecule has 0 aliphatic heterocycles. The van der Waals surface area contributed by atoms with Gasteiger partial charge in [-0.2, -0.15) is 0 Å². The molecule has 0 spiro atoms. The third-order valence-corrected chi connectivity index (χ3v) is 3.28. The molecule has 0 aliphatic carbocycles. The van der Waals surface area contributed by atoms with E-state index in [1.54, 1.807) is 0 Å². The average Bonchev–Trinajstić information content (AvgIpc) is 2.77. The molecule has 88 valence electrons. The summed E-state index contributed by atoms with van der Waals surface area (Å²) in [6, 6.07) is 16.0. The first-order valence-electron chi connectivity index (χ1n) is 5.93. The van der Waals surface area contributed by atoms with Gasteiger partial charge in [0.1, 0.15) is 0 Å². The van der Waals surface area contributed by atoms with Gasteiger partial charge in [0, 0.05) is 22.0 Å². The van der Waals surface area contributed by atoms with Gasteiger partial charge in [0.25, 0.3) is 0 Å². The van der Waals surface area contributed by atoms with Crippen LogP contribution in [-0.2, 0) is 0 Å². The van der Waals surface area contributed by atoms with E-state index >= 15 is 0 Å². The van der Waals surface area contributed by atoms with Gasteiger partial charge < -0.3 is 4.98 Å². The van der Waals surface area contributed by atoms with Gasteiger partial charge in [0.05, 0.1) is 5.69 Å². The number of rotatable bonds is 2. The molecule has 18 heavy (non-hydrogen) atoms. The Kier molecular flexibility index (Phi) is 2.49. The minimum atomic E-state index is 0.736. The van der Waals surface area contributed by atoms with Gasteiger partial charge >= 0.3 is 0 Å². The van der Waals surface area contributed by atoms with Gasteiger partial charge in [0.2, 0.25) is 0 Å². The van der Waals surface area contributed by atoms with Crippen molar-refractivity contribution in [1.29, 1.82) is 0 Å². The van der Waals surface area contributed by atoms with E-state index < -0.39 is 0 Å². The lowest BCUT2D eigenvalue weighted by Crippen LogP contribution is -1.87. The number of nitrogens with one attached hydrogen (secondary N) is 1. The molecule has 0 saturated carbocycles. The lowest BCUT2D eigenvalue weighted by molar-refractivity contribution is 0.112. The maximum absolute atomic E-state index is 11.4. The Hall–Kier alpha value is -2.35. The highest BCUT2D eigenvalue weighted by atomic mass is 16.1. The molecule has 0 fully saturated rings. The summed E-state index contributed by atoms with van der Waals surface area (Å²) in [6.07, 6.45) is 0.931. The minimum absolute atomic E-state index is 0.736. The number of hydrogen-bond acceptors (Lipinski definition) is 1. The van der Waals surface area contributed by atoms with E-state index in [4.69, 9.17) is 0 Å². The number of aromatic amines is 1. The molecule has 0 amide bonds. The normalized spacial score (nSPS) is 10.7. The van der Waals surface area contributed by atoms with Crippen LogP contribution in [0.2, 0.25) is 0 Å². The van der Waals surface area contributed by atoms with E-state index in [-0.39, 0.29) is 0 Å². The Morgan fingerprint density at radius 1 is 1.00 bits per heavy atom. The Labute approximate surface area is 105 Å². The third-order valence-electron chi connectivity index (χ3n) is 3.28. The van der Waals surface area contributed by atoms with Crippen LogP contribution in [0.15, 0.2) is 48.5 Å². The predicted octanol–water partition coefficient (Wildman–Crippen LogP) is 3.96. The Morgan fingerprint density at radius 3 is 2.50 bits per heavy atom. The van der Waals surface area contributed by atoms with Gasteiger partial charge in [0.15, 0.2) is 6.29 Å². The number of aromatic nitrogens is 1. The van der Waals surface area contributed by atoms with Crippen LogP contribution in [0.25, 0.3) is 22.2 Å². The summed E-state index contributed by atoms with van der Waals surface area (Å²) in [4.78, 5) is 14.7. The van der Waals surface area contributed by atoms with Crippen LogP contribution in [-0.4, -0.2) is 11.3 Å². The number of para-hydroxylation sites is 1. The van der Waals surface area contributed by atoms with Crippen molar-refractivity contribution < 1.29 is 4.79 Å². The Morgan fingerprint density at radius 2 is 1.72 bits per heavy atom. The van der Waals surface area contributed by atoms with E-state index in [0.29, 0.717) is 0 Å². The number of hydrogen-bond donors (Lipinski definition) is 1. The molecular weight excluding hydrogens is 222 g/mol. The number of carbonyl (C=O) groups is 1. The van der Waals surface area contributed by atoms with Gasteiger partial charge in [-0.1, -0.05) is 42.5 Å². The topological polar surface area (TPSA) is 32.9 Å². The molecule has 0 bridgehead atoms. The lowest BCUT2D eigenvalue weighted by Gasteiger charge is -2.03. The average molecular weight is 235 g/mol. The van der Waals surface area contributed by atoms with Gasteiger partial charge in [-0.3, -0.25) is 4.79 Å². The van der Waals surface area contributed by atoms with Gasteiger partial charge in [-0.15, -0.1) is 0 Å². The first-order valence-corrected chi connectivity index (χ1v) is 5.93. The Bertz CT molecular complexity index is 725. The number of aldehydes is 1. The summed E-state index contributed by atoms with van der Waals surface area (Å²) in [5, 5.41) is 0.978. The van der Waals surface area contributed by atoms with E-state index in [1.807, 2.05) is 42.5 Å². The van der Waals surface area contributed by atoms with Crippen molar-refractivity contribution in [2.75, 3.05) is 0 Å². The van der Waals surface area contributed by atoms with Crippen LogP contribution in [0.5, 0.6) is 0 Å². The fourth-order valence-corrected chi connectivity index (χ4v) is 2.35. The molecule has 2 heteroatoms. The molecule has 0 radical (unpaired) electrons. The van der Waals surface area contributed by atoms with Crippen molar-refractivity contribution in [3.8, 4) is 11.3 Å². The first kappa shape index (κ1) is 10.8. The fraction of sp³-hybridized carbons (Fsp3) is 0.0625. The van der Waals surface area contributed by atoms with Gasteiger partial charge in [-0.05, 0) is 18.6 Å². The zero-order valence-corrected chi connectivity index (χ0v) is 10.1. The van der Waals surface area contributed by atoms with Crippen LogP contribution in [0.3, 0.4) is 0 Å². The van der Waals surface area contributed by atoms with Crippen molar-refractivity contribution in [3.63, 3.8) is 0 Å². The number of fused-ring (bicyclic) bond motifs is 1. The standard InChI is InChI=1S/C16H13NO/c1-11-6-2-3-7-12(11)16-14(10-18)13-8-4-5-9-15(13)17-16/h2-10,17H,1H3. The number of aryl methyl sites for hydroxylation is 1. The molecule has 0 atom stereocenters. The number of benzene rings is 2. The largest absolute Gasteiger partial charge is 0.354 e. The summed E-state index contributed by atoms with van der Waals surface area (Å²) in [5.74, 6) is 0. The van der Waals surface area contributed by atoms with Crippen LogP contribution in [0.1, 0.15) is 15.9 Å². The monoisotopic (exact) mass is 235 g/mol. The molecule has 2 nitrogen and oxygen atoms in total. The maximum atomic E-state index is 11.4. The second-order valence-electron chi connectivity index (χ2n) is 4.39. The molecule has 0 unspecified atom stereocenters. The molecule has 0 saturated heterocycles. The van der Waals surface area contributed by atoms with Crippen LogP contribution in [0, 0.1) is 6.92 Å². The fourth-order valence-electron chi connectivity index (χ4n) is 2.35. The third kappa shape index (κ3) is 1.54. The number of H-pyrrole nitrogens is 1. The highest BCUT2D eigenvalue weighted by Gasteiger charge is 2.13. The smallest absolute Gasteiger partial charge is 0.152 e. The zero-order valence-electron chi connectivity index (χ0n) is 10.1. The zero-order chi connectivity index (χ0) is 12.5. The highest BCUT2D eigenvalue weighted by molar-refractivity contribution is 6.04. The van der Waals surface area contributed by atoms with Crippen LogP contribution in [0.4, 0.5) is 0 Å². The summed E-state index contributed by atoms with van der Waals surface area (Å²) >= 11 is 0. The highest BCUT2D eigenvalue weighted by Crippen LogP contribution is 2.30. The van der Waals surface area contributed by atoms with E-state index in [9.17, 15) is 4.79 Å². The molecule has 1 N–H and O–H groups in total. The summed E-state index contributed by atoms with van der Waals surface area (Å²) < 4.78 is 0. The Balaban J connectivity index is 2.36. The van der Waals surface area contributed by atoms with Crippen LogP contribution >= 0.6 is 0 Å². The summed E-state index contributed by atoms with van der Waals surface area (Å²) in [5.41, 5.74) is 4.88.